The molecule has 130 valence electrons. The van der Waals surface area contributed by atoms with Crippen LogP contribution < -0.4 is 5.32 Å². The predicted molar refractivity (Wildman–Crippen MR) is 88.0 cm³/mol. The van der Waals surface area contributed by atoms with Gasteiger partial charge in [-0.05, 0) is 49.2 Å². The minimum Gasteiger partial charge on any atom is -0.478 e. The average molecular weight is 342 g/mol. The van der Waals surface area contributed by atoms with Crippen molar-refractivity contribution in [3.05, 3.63) is 59.5 Å². The second-order valence-electron chi connectivity index (χ2n) is 5.84. The van der Waals surface area contributed by atoms with Gasteiger partial charge in [0.1, 0.15) is 11.8 Å². The van der Waals surface area contributed by atoms with Gasteiger partial charge in [0.25, 0.3) is 5.91 Å². The lowest BCUT2D eigenvalue weighted by Gasteiger charge is -2.24. The molecule has 1 unspecified atom stereocenters. The van der Waals surface area contributed by atoms with Crippen LogP contribution in [0.2, 0.25) is 0 Å². The van der Waals surface area contributed by atoms with Crippen LogP contribution in [0, 0.1) is 0 Å². The summed E-state index contributed by atoms with van der Waals surface area (Å²) in [4.78, 5) is 37.5. The summed E-state index contributed by atoms with van der Waals surface area (Å²) in [6, 6.07) is 8.70. The van der Waals surface area contributed by atoms with Gasteiger partial charge in [-0.25, -0.2) is 4.79 Å². The SMILES string of the molecule is O=C(O)c1ccc(C(=O)N2CCCC2C(=O)NCc2ccco2)cc1. The second-order valence-corrected chi connectivity index (χ2v) is 5.84. The van der Waals surface area contributed by atoms with Gasteiger partial charge in [0, 0.05) is 12.1 Å². The lowest BCUT2D eigenvalue weighted by atomic mass is 10.1. The number of amides is 2. The van der Waals surface area contributed by atoms with Gasteiger partial charge in [-0.15, -0.1) is 0 Å². The van der Waals surface area contributed by atoms with Gasteiger partial charge < -0.3 is 19.7 Å². The first-order valence-corrected chi connectivity index (χ1v) is 8.00. The third-order valence-corrected chi connectivity index (χ3v) is 4.21. The van der Waals surface area contributed by atoms with Crippen LogP contribution >= 0.6 is 0 Å². The van der Waals surface area contributed by atoms with Gasteiger partial charge in [-0.2, -0.15) is 0 Å². The summed E-state index contributed by atoms with van der Waals surface area (Å²) in [6.45, 7) is 0.774. The third-order valence-electron chi connectivity index (χ3n) is 4.21. The van der Waals surface area contributed by atoms with Crippen LogP contribution in [0.25, 0.3) is 0 Å². The Morgan fingerprint density at radius 2 is 1.88 bits per heavy atom. The first-order valence-electron chi connectivity index (χ1n) is 8.00. The molecular formula is C18H18N2O5. The van der Waals surface area contributed by atoms with E-state index < -0.39 is 12.0 Å². The van der Waals surface area contributed by atoms with Gasteiger partial charge in [0.2, 0.25) is 5.91 Å². The quantitative estimate of drug-likeness (QED) is 0.864. The van der Waals surface area contributed by atoms with E-state index in [1.54, 1.807) is 12.1 Å². The summed E-state index contributed by atoms with van der Waals surface area (Å²) < 4.78 is 5.18. The molecule has 1 atom stereocenters. The van der Waals surface area contributed by atoms with Crippen molar-refractivity contribution in [1.82, 2.24) is 10.2 Å². The number of furan rings is 1. The molecule has 0 aliphatic carbocycles. The van der Waals surface area contributed by atoms with Crippen LogP contribution in [0.5, 0.6) is 0 Å². The second kappa shape index (κ2) is 7.21. The number of nitrogens with zero attached hydrogens (tertiary/aromatic N) is 1. The summed E-state index contributed by atoms with van der Waals surface area (Å²) in [6.07, 6.45) is 2.88. The van der Waals surface area contributed by atoms with Crippen LogP contribution in [0.4, 0.5) is 0 Å². The molecule has 2 aromatic rings. The maximum atomic E-state index is 12.7. The molecule has 1 saturated heterocycles. The van der Waals surface area contributed by atoms with Crippen molar-refractivity contribution >= 4 is 17.8 Å². The molecule has 1 fully saturated rings. The number of hydrogen-bond donors (Lipinski definition) is 2. The van der Waals surface area contributed by atoms with Crippen molar-refractivity contribution < 1.29 is 23.9 Å². The molecule has 0 bridgehead atoms. The van der Waals surface area contributed by atoms with E-state index in [-0.39, 0.29) is 23.9 Å². The number of hydrogen-bond acceptors (Lipinski definition) is 4. The monoisotopic (exact) mass is 342 g/mol. The lowest BCUT2D eigenvalue weighted by Crippen LogP contribution is -2.45. The van der Waals surface area contributed by atoms with Crippen LogP contribution in [-0.4, -0.2) is 40.4 Å². The van der Waals surface area contributed by atoms with Crippen LogP contribution in [-0.2, 0) is 11.3 Å². The standard InChI is InChI=1S/C18H18N2O5/c21-16(19-11-14-3-2-10-25-14)15-4-1-9-20(15)17(22)12-5-7-13(8-6-12)18(23)24/h2-3,5-8,10,15H,1,4,9,11H2,(H,19,21)(H,23,24). The van der Waals surface area contributed by atoms with Crippen molar-refractivity contribution in [3.63, 3.8) is 0 Å². The number of rotatable bonds is 5. The Bertz CT molecular complexity index is 767. The zero-order valence-corrected chi connectivity index (χ0v) is 13.5. The smallest absolute Gasteiger partial charge is 0.335 e. The van der Waals surface area contributed by atoms with Crippen molar-refractivity contribution in [1.29, 1.82) is 0 Å². The summed E-state index contributed by atoms with van der Waals surface area (Å²) in [7, 11) is 0. The summed E-state index contributed by atoms with van der Waals surface area (Å²) in [5, 5.41) is 11.7. The maximum absolute atomic E-state index is 12.7. The molecule has 2 N–H and O–H groups in total. The van der Waals surface area contributed by atoms with E-state index in [1.807, 2.05) is 0 Å². The fraction of sp³-hybridized carbons (Fsp3) is 0.278. The number of aromatic carboxylic acids is 1. The van der Waals surface area contributed by atoms with E-state index in [4.69, 9.17) is 9.52 Å². The molecule has 25 heavy (non-hydrogen) atoms. The molecule has 7 heteroatoms. The van der Waals surface area contributed by atoms with E-state index in [9.17, 15) is 14.4 Å². The summed E-state index contributed by atoms with van der Waals surface area (Å²) in [5.74, 6) is -0.888. The molecule has 0 saturated carbocycles. The fourth-order valence-corrected chi connectivity index (χ4v) is 2.91. The lowest BCUT2D eigenvalue weighted by molar-refractivity contribution is -0.125. The summed E-state index contributed by atoms with van der Waals surface area (Å²) in [5.41, 5.74) is 0.487. The number of carboxylic acids is 1. The molecule has 3 rings (SSSR count). The average Bonchev–Trinajstić information content (AvgIpc) is 3.30. The Labute approximate surface area is 144 Å². The third kappa shape index (κ3) is 3.71. The van der Waals surface area contributed by atoms with Gasteiger partial charge in [0.05, 0.1) is 18.4 Å². The Morgan fingerprint density at radius 1 is 1.16 bits per heavy atom. The molecule has 2 heterocycles. The number of carbonyl (C=O) groups excluding carboxylic acids is 2. The van der Waals surface area contributed by atoms with Crippen LogP contribution in [0.1, 0.15) is 39.3 Å². The van der Waals surface area contributed by atoms with Gasteiger partial charge in [-0.1, -0.05) is 0 Å². The molecule has 7 nitrogen and oxygen atoms in total. The number of benzene rings is 1. The highest BCUT2D eigenvalue weighted by molar-refractivity contribution is 5.98. The molecule has 0 radical (unpaired) electrons. The van der Waals surface area contributed by atoms with E-state index in [1.165, 1.54) is 35.4 Å². The van der Waals surface area contributed by atoms with E-state index >= 15 is 0 Å². The zero-order valence-electron chi connectivity index (χ0n) is 13.5. The minimum absolute atomic E-state index is 0.116. The highest BCUT2D eigenvalue weighted by Crippen LogP contribution is 2.21. The normalized spacial score (nSPS) is 16.6. The molecule has 2 amide bonds. The molecule has 1 aromatic heterocycles. The summed E-state index contributed by atoms with van der Waals surface area (Å²) >= 11 is 0. The first kappa shape index (κ1) is 16.8. The van der Waals surface area contributed by atoms with Crippen molar-refractivity contribution in [2.45, 2.75) is 25.4 Å². The van der Waals surface area contributed by atoms with E-state index in [0.717, 1.165) is 6.42 Å². The Hall–Kier alpha value is -3.09. The maximum Gasteiger partial charge on any atom is 0.335 e. The zero-order chi connectivity index (χ0) is 17.8. The van der Waals surface area contributed by atoms with Crippen molar-refractivity contribution in [2.75, 3.05) is 6.54 Å². The number of carbonyl (C=O) groups is 3. The minimum atomic E-state index is -1.05. The molecule has 0 spiro atoms. The fourth-order valence-electron chi connectivity index (χ4n) is 2.91. The molecule has 1 aliphatic rings. The Morgan fingerprint density at radius 3 is 2.52 bits per heavy atom. The van der Waals surface area contributed by atoms with Gasteiger partial charge in [0.15, 0.2) is 0 Å². The topological polar surface area (TPSA) is 99.9 Å². The Kier molecular flexibility index (Phi) is 4.83. The van der Waals surface area contributed by atoms with Crippen LogP contribution in [0.3, 0.4) is 0 Å². The Balaban J connectivity index is 1.66. The predicted octanol–water partition coefficient (Wildman–Crippen LogP) is 1.90. The number of nitrogens with one attached hydrogen (secondary N) is 1. The molecule has 1 aromatic carbocycles. The largest absolute Gasteiger partial charge is 0.478 e. The number of likely N-dealkylation sites (tertiary alicyclic amines) is 1. The molecule has 1 aliphatic heterocycles. The van der Waals surface area contributed by atoms with Gasteiger partial charge in [-0.3, -0.25) is 9.59 Å². The van der Waals surface area contributed by atoms with Gasteiger partial charge >= 0.3 is 5.97 Å². The van der Waals surface area contributed by atoms with Crippen molar-refractivity contribution in [2.24, 2.45) is 0 Å². The van der Waals surface area contributed by atoms with Crippen molar-refractivity contribution in [3.8, 4) is 0 Å². The van der Waals surface area contributed by atoms with Crippen LogP contribution in [0.15, 0.2) is 47.1 Å². The highest BCUT2D eigenvalue weighted by atomic mass is 16.4. The van der Waals surface area contributed by atoms with E-state index in [0.29, 0.717) is 24.3 Å². The van der Waals surface area contributed by atoms with E-state index in [2.05, 4.69) is 5.32 Å². The number of carboxylic acid groups (broad SMARTS) is 1. The molecular weight excluding hydrogens is 324 g/mol. The highest BCUT2D eigenvalue weighted by Gasteiger charge is 2.34. The first-order chi connectivity index (χ1) is 12.1.